The molecule has 0 amide bonds. The van der Waals surface area contributed by atoms with Crippen molar-refractivity contribution in [2.24, 2.45) is 5.92 Å². The van der Waals surface area contributed by atoms with Crippen molar-refractivity contribution in [3.8, 4) is 6.07 Å². The average molecular weight is 606 g/mol. The number of hydrogen-bond acceptors (Lipinski definition) is 10. The summed E-state index contributed by atoms with van der Waals surface area (Å²) in [5, 5.41) is 15.3. The van der Waals surface area contributed by atoms with E-state index in [4.69, 9.17) is 28.2 Å². The Bertz CT molecular complexity index is 1380. The Balaban J connectivity index is 2.04. The fourth-order valence-corrected chi connectivity index (χ4v) is 16.7. The number of nitriles is 1. The van der Waals surface area contributed by atoms with Crippen molar-refractivity contribution < 1.29 is 30.0 Å². The molecule has 2 saturated heterocycles. The monoisotopic (exact) mass is 605 g/mol. The second-order valence-electron chi connectivity index (χ2n) is 12.5. The van der Waals surface area contributed by atoms with Gasteiger partial charge in [-0.1, -0.05) is 69.2 Å². The Morgan fingerprint density at radius 1 is 1.12 bits per heavy atom. The number of hydrogen-bond donors (Lipinski definition) is 1. The number of rotatable bonds is 7. The van der Waals surface area contributed by atoms with Crippen LogP contribution in [0.3, 0.4) is 0 Å². The predicted molar refractivity (Wildman–Crippen MR) is 158 cm³/mol. The van der Waals surface area contributed by atoms with E-state index in [9.17, 15) is 12.8 Å². The van der Waals surface area contributed by atoms with Gasteiger partial charge in [-0.2, -0.15) is 10.4 Å². The topological polar surface area (TPSA) is 143 Å². The molecule has 0 aromatic carbocycles. The normalized spacial score (nSPS) is 29.8. The fraction of sp³-hybridized carbons (Fsp3) is 0.714. The number of nitrogens with two attached hydrogens (primary N) is 1. The van der Waals surface area contributed by atoms with Gasteiger partial charge in [0.15, 0.2) is 11.9 Å². The minimum atomic E-state index is -3.37. The molecule has 11 nitrogen and oxygen atoms in total. The van der Waals surface area contributed by atoms with Crippen molar-refractivity contribution in [3.63, 3.8) is 0 Å². The summed E-state index contributed by atoms with van der Waals surface area (Å²) in [6.45, 7) is 16.9. The zero-order valence-corrected chi connectivity index (χ0v) is 27.7. The van der Waals surface area contributed by atoms with Crippen molar-refractivity contribution in [1.82, 2.24) is 14.6 Å². The van der Waals surface area contributed by atoms with Crippen molar-refractivity contribution in [3.05, 3.63) is 24.2 Å². The molecule has 0 unspecified atom stereocenters. The van der Waals surface area contributed by atoms with Crippen LogP contribution < -0.4 is 5.73 Å². The van der Waals surface area contributed by atoms with E-state index in [0.29, 0.717) is 5.52 Å². The van der Waals surface area contributed by atoms with Gasteiger partial charge in [0, 0.05) is 0 Å². The Kier molecular flexibility index (Phi) is 7.99. The van der Waals surface area contributed by atoms with E-state index in [0.717, 1.165) is 0 Å². The zero-order chi connectivity index (χ0) is 32.3. The summed E-state index contributed by atoms with van der Waals surface area (Å²) in [6, 6.07) is 5.47. The van der Waals surface area contributed by atoms with E-state index in [1.54, 1.807) is 26.0 Å². The number of aromatic nitrogens is 3. The highest BCUT2D eigenvalue weighted by molar-refractivity contribution is 6.84. The van der Waals surface area contributed by atoms with Crippen molar-refractivity contribution in [2.45, 2.75) is 115 Å². The van der Waals surface area contributed by atoms with Crippen LogP contribution in [-0.2, 0) is 32.8 Å². The molecule has 4 atom stereocenters. The molecule has 0 aliphatic carbocycles. The summed E-state index contributed by atoms with van der Waals surface area (Å²) < 4.78 is 53.6. The highest BCUT2D eigenvalue weighted by atomic mass is 28.5. The average Bonchev–Trinajstić information content (AvgIpc) is 3.47. The number of carbonyl (C=O) groups excluding carboxylic acids is 1. The lowest BCUT2D eigenvalue weighted by Gasteiger charge is -2.51. The quantitative estimate of drug-likeness (QED) is 0.340. The molecule has 2 aliphatic heterocycles. The van der Waals surface area contributed by atoms with Gasteiger partial charge in [0.2, 0.25) is 5.60 Å². The molecule has 2 aromatic heterocycles. The molecule has 226 valence electrons. The third-order valence-electron chi connectivity index (χ3n) is 8.25. The Morgan fingerprint density at radius 3 is 2.27 bits per heavy atom. The van der Waals surface area contributed by atoms with Gasteiger partial charge in [0.25, 0.3) is 0 Å². The van der Waals surface area contributed by atoms with Gasteiger partial charge in [0.05, 0.1) is 20.9 Å². The van der Waals surface area contributed by atoms with Crippen molar-refractivity contribution in [2.75, 3.05) is 12.3 Å². The molecule has 0 saturated carbocycles. The van der Waals surface area contributed by atoms with Crippen LogP contribution in [0.15, 0.2) is 18.5 Å². The van der Waals surface area contributed by atoms with E-state index in [2.05, 4.69) is 16.2 Å². The van der Waals surface area contributed by atoms with Gasteiger partial charge in [-0.05, 0) is 34.3 Å². The van der Waals surface area contributed by atoms with Gasteiger partial charge in [-0.3, -0.25) is 4.79 Å². The molecule has 2 N–H and O–H groups in total. The number of carbonyl (C=O) groups is 1. The molecule has 0 spiro atoms. The maximum atomic E-state index is 13.3. The lowest BCUT2D eigenvalue weighted by molar-refractivity contribution is -0.163. The highest BCUT2D eigenvalue weighted by Gasteiger charge is 2.67. The SMILES string of the molecule is [2H]C1([2H])O[Si](C(C)C)(C(C)C)O[Si](C(C)C)(C(C)C)O[C@H]2[C@@H](OC(=O)C(C)C)[C@](C#N)(c3ccc4c(N)ncnn34)O[C@@H]21. The number of anilines is 1. The molecule has 0 bridgehead atoms. The minimum absolute atomic E-state index is 0.106. The first-order valence-electron chi connectivity index (χ1n) is 15.4. The van der Waals surface area contributed by atoms with Crippen LogP contribution >= 0.6 is 0 Å². The lowest BCUT2D eigenvalue weighted by Crippen LogP contribution is -2.66. The second kappa shape index (κ2) is 11.4. The number of nitrogen functional groups attached to an aromatic ring is 1. The molecule has 4 rings (SSSR count). The first-order valence-corrected chi connectivity index (χ1v) is 18.3. The molecule has 0 radical (unpaired) electrons. The summed E-state index contributed by atoms with van der Waals surface area (Å²) in [4.78, 5) is 17.3. The maximum Gasteiger partial charge on any atom is 0.335 e. The van der Waals surface area contributed by atoms with E-state index in [1.807, 2.05) is 55.4 Å². The van der Waals surface area contributed by atoms with Crippen LogP contribution in [0.5, 0.6) is 0 Å². The van der Waals surface area contributed by atoms with Crippen molar-refractivity contribution >= 4 is 34.4 Å². The van der Waals surface area contributed by atoms with Crippen LogP contribution in [-0.4, -0.2) is 62.6 Å². The molecular weight excluding hydrogens is 559 g/mol. The first kappa shape index (κ1) is 28.8. The van der Waals surface area contributed by atoms with E-state index < -0.39 is 59.5 Å². The maximum absolute atomic E-state index is 13.3. The number of ether oxygens (including phenoxy) is 2. The van der Waals surface area contributed by atoms with Crippen LogP contribution in [0.25, 0.3) is 5.52 Å². The third-order valence-corrected chi connectivity index (χ3v) is 18.3. The third kappa shape index (κ3) is 5.02. The summed E-state index contributed by atoms with van der Waals surface area (Å²) in [5.41, 5.74) is 4.19. The van der Waals surface area contributed by atoms with Gasteiger partial charge in [0.1, 0.15) is 30.1 Å². The predicted octanol–water partition coefficient (Wildman–Crippen LogP) is 4.95. The highest BCUT2D eigenvalue weighted by Crippen LogP contribution is 2.51. The fourth-order valence-electron chi connectivity index (χ4n) is 5.91. The molecule has 13 heteroatoms. The van der Waals surface area contributed by atoms with Crippen LogP contribution in [0.4, 0.5) is 5.82 Å². The molecule has 4 heterocycles. The smallest absolute Gasteiger partial charge is 0.335 e. The minimum Gasteiger partial charge on any atom is -0.455 e. The largest absolute Gasteiger partial charge is 0.455 e. The van der Waals surface area contributed by atoms with Gasteiger partial charge >= 0.3 is 23.1 Å². The van der Waals surface area contributed by atoms with E-state index in [-0.39, 0.29) is 33.7 Å². The Hall–Kier alpha value is -2.35. The number of esters is 1. The summed E-state index contributed by atoms with van der Waals surface area (Å²) in [5.74, 6) is -0.964. The molecule has 2 aliphatic rings. The van der Waals surface area contributed by atoms with E-state index in [1.165, 1.54) is 10.8 Å². The lowest BCUT2D eigenvalue weighted by atomic mass is 9.92. The van der Waals surface area contributed by atoms with Crippen LogP contribution in [0, 0.1) is 17.2 Å². The van der Waals surface area contributed by atoms with Gasteiger partial charge < -0.3 is 28.2 Å². The number of nitrogens with zero attached hydrogens (tertiary/aromatic N) is 4. The van der Waals surface area contributed by atoms with Crippen LogP contribution in [0.1, 0.15) is 77.7 Å². The van der Waals surface area contributed by atoms with Crippen LogP contribution in [0.2, 0.25) is 22.2 Å². The molecular formula is C28H45N5O6Si2. The van der Waals surface area contributed by atoms with Gasteiger partial charge in [-0.15, -0.1) is 0 Å². The number of fused-ring (bicyclic) bond motifs is 2. The zero-order valence-electron chi connectivity index (χ0n) is 27.7. The molecule has 41 heavy (non-hydrogen) atoms. The second-order valence-corrected chi connectivity index (χ2v) is 21.3. The summed E-state index contributed by atoms with van der Waals surface area (Å²) in [6.07, 6.45) is -2.85. The summed E-state index contributed by atoms with van der Waals surface area (Å²) >= 11 is 0. The Labute approximate surface area is 248 Å². The van der Waals surface area contributed by atoms with E-state index >= 15 is 0 Å². The molecule has 2 aromatic rings. The first-order chi connectivity index (χ1) is 19.9. The van der Waals surface area contributed by atoms with Crippen molar-refractivity contribution in [1.29, 1.82) is 5.26 Å². The standard InChI is InChI=1S/C28H45N5O6Si2/c1-16(2)27(34)36-25-24-22(37-28(25,14-29)23-12-11-21-26(30)31-15-32-33(21)23)13-35-40(17(3)4,18(5)6)39-41(38-24,19(7)8)20(9)10/h11-12,15-20,22,24-25H,13H2,1-10H3,(H2,30,31,32)/t22-,24-,25-,28+/m1/s1/i13D2. The van der Waals surface area contributed by atoms with Gasteiger partial charge in [-0.25, -0.2) is 9.50 Å². The molecule has 2 fully saturated rings. The Morgan fingerprint density at radius 2 is 1.73 bits per heavy atom. The summed E-state index contributed by atoms with van der Waals surface area (Å²) in [7, 11) is -6.71.